The van der Waals surface area contributed by atoms with Crippen LogP contribution in [0.1, 0.15) is 89.8 Å². The van der Waals surface area contributed by atoms with Crippen LogP contribution in [0.5, 0.6) is 23.0 Å². The Bertz CT molecular complexity index is 2190. The lowest BCUT2D eigenvalue weighted by molar-refractivity contribution is -0.218. The highest BCUT2D eigenvalue weighted by Gasteiger charge is 2.56. The standard InChI is InChI=1S/C45H46O12/c1-26-15-34-36(17-38(26)56-40(46)29-9-13-31(14-10-29)55-42(48)52-23-33-21-50-33)45(24-43(34,3)4)25-44(5,6)35-16-27(2)39(18-37(35)45)57-53-19-28-7-11-30(12-8-28)54-41(47)51-22-32-20-49-32/h7-18,32-33H,19-25H2,1-6H3. The third kappa shape index (κ3) is 8.21. The maximum atomic E-state index is 13.5. The summed E-state index contributed by atoms with van der Waals surface area (Å²) in [5, 5.41) is 0. The lowest BCUT2D eigenvalue weighted by Crippen LogP contribution is -2.27. The third-order valence-corrected chi connectivity index (χ3v) is 11.2. The van der Waals surface area contributed by atoms with Gasteiger partial charge in [-0.25, -0.2) is 14.4 Å². The average Bonchev–Trinajstić information content (AvgIpc) is 4.10. The minimum Gasteiger partial charge on any atom is -0.431 e. The van der Waals surface area contributed by atoms with E-state index in [4.69, 9.17) is 42.9 Å². The average molecular weight is 779 g/mol. The number of hydrogen-bond acceptors (Lipinski definition) is 12. The minimum absolute atomic E-state index is 0.0361. The van der Waals surface area contributed by atoms with E-state index in [1.807, 2.05) is 19.9 Å². The van der Waals surface area contributed by atoms with E-state index in [-0.39, 0.29) is 54.0 Å². The van der Waals surface area contributed by atoms with E-state index in [1.54, 1.807) is 36.4 Å². The van der Waals surface area contributed by atoms with Crippen LogP contribution < -0.4 is 19.1 Å². The van der Waals surface area contributed by atoms with Crippen LogP contribution in [0.2, 0.25) is 0 Å². The van der Waals surface area contributed by atoms with Crippen LogP contribution in [0.3, 0.4) is 0 Å². The molecule has 0 amide bonds. The summed E-state index contributed by atoms with van der Waals surface area (Å²) in [6, 6.07) is 21.6. The molecule has 4 aromatic rings. The molecule has 0 aromatic heterocycles. The summed E-state index contributed by atoms with van der Waals surface area (Å²) in [5.41, 5.74) is 7.04. The van der Waals surface area contributed by atoms with Gasteiger partial charge in [0.2, 0.25) is 0 Å². The lowest BCUT2D eigenvalue weighted by Gasteiger charge is -2.30. The number of carbonyl (C=O) groups excluding carboxylic acids is 3. The molecule has 12 heteroatoms. The van der Waals surface area contributed by atoms with E-state index in [0.717, 1.165) is 35.1 Å². The summed E-state index contributed by atoms with van der Waals surface area (Å²) in [6.07, 6.45) is 0.00828. The van der Waals surface area contributed by atoms with Gasteiger partial charge in [0.1, 0.15) is 49.3 Å². The van der Waals surface area contributed by atoms with Crippen molar-refractivity contribution in [2.75, 3.05) is 26.4 Å². The van der Waals surface area contributed by atoms with E-state index < -0.39 is 18.3 Å². The number of fused-ring (bicyclic) bond motifs is 4. The first-order valence-electron chi connectivity index (χ1n) is 19.1. The molecule has 0 radical (unpaired) electrons. The number of carbonyl (C=O) groups is 3. The van der Waals surface area contributed by atoms with Gasteiger partial charge >= 0.3 is 18.3 Å². The van der Waals surface area contributed by atoms with Crippen molar-refractivity contribution in [2.24, 2.45) is 0 Å². The first-order chi connectivity index (χ1) is 27.2. The zero-order valence-electron chi connectivity index (χ0n) is 32.9. The van der Waals surface area contributed by atoms with Crippen molar-refractivity contribution < 1.29 is 57.3 Å². The highest BCUT2D eigenvalue weighted by molar-refractivity contribution is 5.91. The summed E-state index contributed by atoms with van der Waals surface area (Å²) >= 11 is 0. The molecule has 2 saturated heterocycles. The molecule has 3 atom stereocenters. The first kappa shape index (κ1) is 38.4. The molecule has 1 spiro atoms. The van der Waals surface area contributed by atoms with Crippen LogP contribution in [0.4, 0.5) is 9.59 Å². The van der Waals surface area contributed by atoms with Crippen LogP contribution >= 0.6 is 0 Å². The summed E-state index contributed by atoms with van der Waals surface area (Å²) in [5.74, 6) is 1.19. The second-order valence-electron chi connectivity index (χ2n) is 16.7. The van der Waals surface area contributed by atoms with Crippen molar-refractivity contribution in [1.29, 1.82) is 0 Å². The molecule has 0 bridgehead atoms. The summed E-state index contributed by atoms with van der Waals surface area (Å²) in [7, 11) is 0. The van der Waals surface area contributed by atoms with E-state index >= 15 is 0 Å². The van der Waals surface area contributed by atoms with Crippen molar-refractivity contribution in [1.82, 2.24) is 0 Å². The maximum Gasteiger partial charge on any atom is 0.513 e. The molecule has 2 aliphatic carbocycles. The Morgan fingerprint density at radius 3 is 1.61 bits per heavy atom. The Kier molecular flexibility index (Phi) is 9.99. The fourth-order valence-electron chi connectivity index (χ4n) is 8.31. The number of rotatable bonds is 12. The molecule has 2 fully saturated rings. The predicted molar refractivity (Wildman–Crippen MR) is 205 cm³/mol. The van der Waals surface area contributed by atoms with Crippen LogP contribution in [0.15, 0.2) is 72.8 Å². The van der Waals surface area contributed by atoms with Crippen molar-refractivity contribution in [3.05, 3.63) is 117 Å². The van der Waals surface area contributed by atoms with Gasteiger partial charge in [-0.3, -0.25) is 0 Å². The number of epoxide rings is 2. The van der Waals surface area contributed by atoms with Gasteiger partial charge in [0.05, 0.1) is 18.8 Å². The fourth-order valence-corrected chi connectivity index (χ4v) is 8.31. The molecule has 2 heterocycles. The minimum atomic E-state index is -0.834. The molecule has 4 aromatic carbocycles. The molecule has 298 valence electrons. The Labute approximate surface area is 331 Å². The van der Waals surface area contributed by atoms with Gasteiger partial charge in [-0.2, -0.15) is 4.89 Å². The van der Waals surface area contributed by atoms with E-state index in [0.29, 0.717) is 36.0 Å². The van der Waals surface area contributed by atoms with Crippen molar-refractivity contribution in [2.45, 2.75) is 89.4 Å². The normalized spacial score (nSPS) is 21.6. The van der Waals surface area contributed by atoms with Crippen molar-refractivity contribution >= 4 is 18.3 Å². The molecule has 57 heavy (non-hydrogen) atoms. The van der Waals surface area contributed by atoms with E-state index in [9.17, 15) is 14.4 Å². The van der Waals surface area contributed by atoms with Crippen LogP contribution in [-0.2, 0) is 46.7 Å². The van der Waals surface area contributed by atoms with Crippen molar-refractivity contribution in [3.8, 4) is 23.0 Å². The zero-order valence-corrected chi connectivity index (χ0v) is 32.9. The van der Waals surface area contributed by atoms with Gasteiger partial charge in [0, 0.05) is 5.41 Å². The third-order valence-electron chi connectivity index (χ3n) is 11.2. The Hall–Kier alpha value is -5.43. The molecule has 0 saturated carbocycles. The smallest absolute Gasteiger partial charge is 0.431 e. The topological polar surface area (TPSA) is 141 Å². The summed E-state index contributed by atoms with van der Waals surface area (Å²) in [6.45, 7) is 14.7. The molecule has 8 rings (SSSR count). The number of aryl methyl sites for hydroxylation is 2. The molecule has 12 nitrogen and oxygen atoms in total. The molecule has 2 aliphatic heterocycles. The highest BCUT2D eigenvalue weighted by Crippen LogP contribution is 2.64. The number of ether oxygens (including phenoxy) is 7. The largest absolute Gasteiger partial charge is 0.513 e. The van der Waals surface area contributed by atoms with Crippen LogP contribution in [-0.4, -0.2) is 56.9 Å². The molecule has 0 N–H and O–H groups in total. The van der Waals surface area contributed by atoms with Gasteiger partial charge in [0.25, 0.3) is 0 Å². The maximum absolute atomic E-state index is 13.5. The Morgan fingerprint density at radius 1 is 0.632 bits per heavy atom. The number of hydrogen-bond donors (Lipinski definition) is 0. The fraction of sp³-hybridized carbons (Fsp3) is 0.400. The number of benzene rings is 4. The van der Waals surface area contributed by atoms with Gasteiger partial charge in [-0.15, -0.1) is 0 Å². The summed E-state index contributed by atoms with van der Waals surface area (Å²) in [4.78, 5) is 49.2. The van der Waals surface area contributed by atoms with E-state index in [1.165, 1.54) is 28.8 Å². The highest BCUT2D eigenvalue weighted by atomic mass is 17.2. The molecule has 4 aliphatic rings. The second-order valence-corrected chi connectivity index (χ2v) is 16.7. The lowest BCUT2D eigenvalue weighted by atomic mass is 9.72. The number of esters is 1. The SMILES string of the molecule is Cc1cc2c(cc1OOCc1ccc(OC(=O)OCC3CO3)cc1)C1(CC2(C)C)CC(C)(C)c2cc(C)c(OC(=O)c3ccc(OC(=O)OCC4CO4)cc3)cc21. The zero-order chi connectivity index (χ0) is 40.1. The molecular weight excluding hydrogens is 732 g/mol. The van der Waals surface area contributed by atoms with Crippen LogP contribution in [0, 0.1) is 13.8 Å². The summed E-state index contributed by atoms with van der Waals surface area (Å²) < 4.78 is 36.7. The van der Waals surface area contributed by atoms with Gasteiger partial charge in [-0.05, 0) is 125 Å². The first-order valence-corrected chi connectivity index (χ1v) is 19.1. The van der Waals surface area contributed by atoms with Crippen molar-refractivity contribution in [3.63, 3.8) is 0 Å². The Balaban J connectivity index is 0.984. The van der Waals surface area contributed by atoms with Crippen LogP contribution in [0.25, 0.3) is 0 Å². The monoisotopic (exact) mass is 778 g/mol. The van der Waals surface area contributed by atoms with E-state index in [2.05, 4.69) is 45.9 Å². The molecular formula is C45H46O12. The van der Waals surface area contributed by atoms with Gasteiger partial charge in [0.15, 0.2) is 5.75 Å². The van der Waals surface area contributed by atoms with Gasteiger partial charge < -0.3 is 38.0 Å². The second kappa shape index (κ2) is 14.8. The van der Waals surface area contributed by atoms with Gasteiger partial charge in [-0.1, -0.05) is 52.0 Å². The quantitative estimate of drug-likeness (QED) is 0.0340. The molecule has 3 unspecified atom stereocenters. The predicted octanol–water partition coefficient (Wildman–Crippen LogP) is 8.51. The Morgan fingerprint density at radius 2 is 1.11 bits per heavy atom.